The minimum absolute atomic E-state index is 0.0539. The normalized spacial score (nSPS) is 23.5. The number of hydrogen-bond acceptors (Lipinski definition) is 6. The van der Waals surface area contributed by atoms with Crippen molar-refractivity contribution in [1.82, 2.24) is 4.90 Å². The second kappa shape index (κ2) is 8.68. The number of benzene rings is 1. The largest absolute Gasteiger partial charge is 0.469 e. The Morgan fingerprint density at radius 3 is 2.60 bits per heavy atom. The van der Waals surface area contributed by atoms with Crippen LogP contribution in [0.2, 0.25) is 5.02 Å². The number of ether oxygens (including phenoxy) is 2. The molecule has 30 heavy (non-hydrogen) atoms. The van der Waals surface area contributed by atoms with Gasteiger partial charge in [-0.1, -0.05) is 23.7 Å². The summed E-state index contributed by atoms with van der Waals surface area (Å²) in [7, 11) is 1.31. The molecule has 3 atom stereocenters. The Kier molecular flexibility index (Phi) is 6.41. The van der Waals surface area contributed by atoms with E-state index in [9.17, 15) is 14.4 Å². The van der Waals surface area contributed by atoms with E-state index >= 15 is 0 Å². The van der Waals surface area contributed by atoms with E-state index in [0.717, 1.165) is 0 Å². The first kappa shape index (κ1) is 22.2. The molecule has 1 heterocycles. The second-order valence-corrected chi connectivity index (χ2v) is 9.04. The molecule has 2 bridgehead atoms. The number of allylic oxidation sites excluding steroid dienone is 1. The van der Waals surface area contributed by atoms with Crippen LogP contribution in [0.15, 0.2) is 36.0 Å². The zero-order valence-corrected chi connectivity index (χ0v) is 18.4. The van der Waals surface area contributed by atoms with Crippen LogP contribution in [-0.2, 0) is 19.1 Å². The summed E-state index contributed by atoms with van der Waals surface area (Å²) in [6.07, 6.45) is 1.77. The molecule has 7 nitrogen and oxygen atoms in total. The minimum atomic E-state index is -0.654. The van der Waals surface area contributed by atoms with Crippen LogP contribution < -0.4 is 5.32 Å². The lowest BCUT2D eigenvalue weighted by Gasteiger charge is -2.45. The molecule has 0 aromatic heterocycles. The Balaban J connectivity index is 1.92. The van der Waals surface area contributed by atoms with Gasteiger partial charge in [-0.05, 0) is 51.3 Å². The number of para-hydroxylation sites is 1. The molecule has 0 spiro atoms. The predicted molar refractivity (Wildman–Crippen MR) is 113 cm³/mol. The van der Waals surface area contributed by atoms with Crippen LogP contribution in [0.1, 0.15) is 33.6 Å². The van der Waals surface area contributed by atoms with E-state index in [0.29, 0.717) is 22.8 Å². The number of nitrogens with zero attached hydrogens (tertiary/aromatic N) is 1. The summed E-state index contributed by atoms with van der Waals surface area (Å²) in [5.74, 6) is -1.26. The van der Waals surface area contributed by atoms with Gasteiger partial charge in [0.25, 0.3) is 0 Å². The van der Waals surface area contributed by atoms with Gasteiger partial charge in [0, 0.05) is 12.5 Å². The summed E-state index contributed by atoms with van der Waals surface area (Å²) < 4.78 is 10.4. The van der Waals surface area contributed by atoms with Gasteiger partial charge in [-0.3, -0.25) is 9.59 Å². The molecule has 0 radical (unpaired) electrons. The van der Waals surface area contributed by atoms with Gasteiger partial charge < -0.3 is 19.7 Å². The summed E-state index contributed by atoms with van der Waals surface area (Å²) in [4.78, 5) is 39.6. The van der Waals surface area contributed by atoms with Crippen molar-refractivity contribution in [1.29, 1.82) is 0 Å². The molecule has 1 saturated heterocycles. The Morgan fingerprint density at radius 2 is 1.97 bits per heavy atom. The lowest BCUT2D eigenvalue weighted by atomic mass is 9.73. The number of methoxy groups -OCH3 is 1. The van der Waals surface area contributed by atoms with Crippen LogP contribution in [0.4, 0.5) is 10.5 Å². The highest BCUT2D eigenvalue weighted by Gasteiger charge is 2.46. The highest BCUT2D eigenvalue weighted by molar-refractivity contribution is 6.33. The van der Waals surface area contributed by atoms with E-state index in [1.807, 2.05) is 6.07 Å². The van der Waals surface area contributed by atoms with E-state index < -0.39 is 23.6 Å². The van der Waals surface area contributed by atoms with Crippen LogP contribution in [0.25, 0.3) is 0 Å². The molecule has 0 unspecified atom stereocenters. The maximum atomic E-state index is 13.2. The number of ketones is 1. The van der Waals surface area contributed by atoms with E-state index in [1.165, 1.54) is 7.11 Å². The van der Waals surface area contributed by atoms with Crippen molar-refractivity contribution in [3.05, 3.63) is 41.1 Å². The van der Waals surface area contributed by atoms with Crippen molar-refractivity contribution in [2.24, 2.45) is 11.8 Å². The molecule has 0 saturated carbocycles. The SMILES string of the molecule is COC(=O)C[C@@H]1CN(C(=O)OC(C)(C)C)[C@@H]2C=C(Nc3ccccc3Cl)C(=O)[C@H]1C2. The number of hydrogen-bond donors (Lipinski definition) is 1. The minimum Gasteiger partial charge on any atom is -0.469 e. The Hall–Kier alpha value is -2.54. The number of piperidine rings is 1. The molecular weight excluding hydrogens is 408 g/mol. The monoisotopic (exact) mass is 434 g/mol. The third-order valence-corrected chi connectivity index (χ3v) is 5.61. The number of carbonyl (C=O) groups is 3. The van der Waals surface area contributed by atoms with Crippen molar-refractivity contribution in [3.8, 4) is 0 Å². The van der Waals surface area contributed by atoms with Crippen molar-refractivity contribution < 1.29 is 23.9 Å². The van der Waals surface area contributed by atoms with Crippen molar-refractivity contribution in [2.45, 2.75) is 45.3 Å². The molecule has 1 N–H and O–H groups in total. The molecule has 2 aliphatic rings. The summed E-state index contributed by atoms with van der Waals surface area (Å²) in [6, 6.07) is 6.80. The van der Waals surface area contributed by atoms with Crippen LogP contribution in [0.3, 0.4) is 0 Å². The van der Waals surface area contributed by atoms with Crippen molar-refractivity contribution in [3.63, 3.8) is 0 Å². The summed E-state index contributed by atoms with van der Waals surface area (Å²) in [5, 5.41) is 3.59. The Morgan fingerprint density at radius 1 is 1.27 bits per heavy atom. The number of esters is 1. The van der Waals surface area contributed by atoms with Gasteiger partial charge in [-0.15, -0.1) is 0 Å². The first-order valence-corrected chi connectivity index (χ1v) is 10.3. The second-order valence-electron chi connectivity index (χ2n) is 8.63. The fourth-order valence-electron chi connectivity index (χ4n) is 3.89. The van der Waals surface area contributed by atoms with Crippen LogP contribution in [0, 0.1) is 11.8 Å². The van der Waals surface area contributed by atoms with Gasteiger partial charge in [0.05, 0.1) is 36.0 Å². The Bertz CT molecular complexity index is 877. The average molecular weight is 435 g/mol. The first-order valence-electron chi connectivity index (χ1n) is 9.93. The molecule has 3 rings (SSSR count). The van der Waals surface area contributed by atoms with E-state index in [-0.39, 0.29) is 30.7 Å². The number of Topliss-reactive ketones (excluding diaryl/α,β-unsaturated/α-hetero) is 1. The lowest BCUT2D eigenvalue weighted by Crippen LogP contribution is -2.55. The van der Waals surface area contributed by atoms with Crippen LogP contribution in [-0.4, -0.2) is 48.0 Å². The number of carbonyl (C=O) groups excluding carboxylic acids is 3. The van der Waals surface area contributed by atoms with Crippen molar-refractivity contribution in [2.75, 3.05) is 19.0 Å². The quantitative estimate of drug-likeness (QED) is 0.720. The third kappa shape index (κ3) is 4.95. The molecule has 1 amide bonds. The van der Waals surface area contributed by atoms with Crippen LogP contribution >= 0.6 is 11.6 Å². The summed E-state index contributed by atoms with van der Waals surface area (Å²) in [6.45, 7) is 5.65. The molecule has 8 heteroatoms. The van der Waals surface area contributed by atoms with Gasteiger partial charge in [0.2, 0.25) is 0 Å². The molecule has 1 aromatic carbocycles. The molecule has 1 aromatic rings. The van der Waals surface area contributed by atoms with Crippen molar-refractivity contribution >= 4 is 35.1 Å². The predicted octanol–water partition coefficient (Wildman–Crippen LogP) is 4.02. The van der Waals surface area contributed by atoms with E-state index in [1.54, 1.807) is 49.9 Å². The van der Waals surface area contributed by atoms with Gasteiger partial charge >= 0.3 is 12.1 Å². The van der Waals surface area contributed by atoms with Crippen LogP contribution in [0.5, 0.6) is 0 Å². The molecule has 162 valence electrons. The maximum absolute atomic E-state index is 13.2. The topological polar surface area (TPSA) is 84.9 Å². The number of fused-ring (bicyclic) bond motifs is 2. The number of nitrogens with one attached hydrogen (secondary N) is 1. The van der Waals surface area contributed by atoms with E-state index in [2.05, 4.69) is 5.32 Å². The zero-order valence-electron chi connectivity index (χ0n) is 17.6. The number of rotatable bonds is 4. The number of amides is 1. The first-order chi connectivity index (χ1) is 14.1. The molecule has 1 fully saturated rings. The lowest BCUT2D eigenvalue weighted by molar-refractivity contribution is -0.143. The van der Waals surface area contributed by atoms with Gasteiger partial charge in [0.15, 0.2) is 5.78 Å². The standard InChI is InChI=1S/C22H27ClN2O5/c1-22(2,3)30-21(28)25-12-13(9-19(26)29-4)15-10-14(25)11-18(20(15)27)24-17-8-6-5-7-16(17)23/h5-8,11,13-15,24H,9-10,12H2,1-4H3/t13-,14+,15+/m1/s1. The molecule has 1 aliphatic carbocycles. The summed E-state index contributed by atoms with van der Waals surface area (Å²) in [5.41, 5.74) is 0.318. The fourth-order valence-corrected chi connectivity index (χ4v) is 4.08. The van der Waals surface area contributed by atoms with Gasteiger partial charge in [-0.2, -0.15) is 0 Å². The average Bonchev–Trinajstić information content (AvgIpc) is 2.67. The number of anilines is 1. The zero-order chi connectivity index (χ0) is 22.1. The highest BCUT2D eigenvalue weighted by atomic mass is 35.5. The molecule has 1 aliphatic heterocycles. The van der Waals surface area contributed by atoms with Gasteiger partial charge in [-0.25, -0.2) is 4.79 Å². The maximum Gasteiger partial charge on any atom is 0.410 e. The van der Waals surface area contributed by atoms with E-state index in [4.69, 9.17) is 21.1 Å². The smallest absolute Gasteiger partial charge is 0.410 e. The summed E-state index contributed by atoms with van der Waals surface area (Å²) >= 11 is 6.23. The highest BCUT2D eigenvalue weighted by Crippen LogP contribution is 2.38. The number of likely N-dealkylation sites (tertiary alicyclic amines) is 1. The fraction of sp³-hybridized carbons (Fsp3) is 0.500. The Labute approximate surface area is 181 Å². The third-order valence-electron chi connectivity index (χ3n) is 5.29. The number of halogens is 1. The molecular formula is C22H27ClN2O5. The van der Waals surface area contributed by atoms with Gasteiger partial charge in [0.1, 0.15) is 5.60 Å².